The zero-order valence-corrected chi connectivity index (χ0v) is 11.6. The molecule has 2 N–H and O–H groups in total. The first-order chi connectivity index (χ1) is 9.74. The number of nitrogens with zero attached hydrogens (tertiary/aromatic N) is 3. The lowest BCUT2D eigenvalue weighted by Gasteiger charge is -2.10. The van der Waals surface area contributed by atoms with E-state index in [1.807, 2.05) is 24.4 Å². The molecule has 0 atom stereocenters. The SMILES string of the molecule is CC(C)c1nc(NCc2ccncc2)c2cc[nH]c2n1. The predicted molar refractivity (Wildman–Crippen MR) is 79.5 cm³/mol. The third kappa shape index (κ3) is 2.47. The van der Waals surface area contributed by atoms with Crippen LogP contribution in [0.5, 0.6) is 0 Å². The first kappa shape index (κ1) is 12.6. The fourth-order valence-electron chi connectivity index (χ4n) is 2.04. The molecule has 3 rings (SSSR count). The van der Waals surface area contributed by atoms with Gasteiger partial charge in [-0.1, -0.05) is 13.8 Å². The van der Waals surface area contributed by atoms with Crippen molar-refractivity contribution in [2.45, 2.75) is 26.3 Å². The van der Waals surface area contributed by atoms with Gasteiger partial charge in [-0.25, -0.2) is 9.97 Å². The Morgan fingerprint density at radius 2 is 1.95 bits per heavy atom. The van der Waals surface area contributed by atoms with Gasteiger partial charge in [0.15, 0.2) is 0 Å². The van der Waals surface area contributed by atoms with Crippen molar-refractivity contribution in [3.63, 3.8) is 0 Å². The minimum atomic E-state index is 0.296. The fraction of sp³-hybridized carbons (Fsp3) is 0.267. The highest BCUT2D eigenvalue weighted by atomic mass is 15.1. The van der Waals surface area contributed by atoms with Crippen LogP contribution in [0.4, 0.5) is 5.82 Å². The van der Waals surface area contributed by atoms with Gasteiger partial charge in [0.1, 0.15) is 17.3 Å². The second-order valence-corrected chi connectivity index (χ2v) is 5.03. The van der Waals surface area contributed by atoms with Crippen LogP contribution in [0.2, 0.25) is 0 Å². The van der Waals surface area contributed by atoms with Gasteiger partial charge in [0.25, 0.3) is 0 Å². The van der Waals surface area contributed by atoms with E-state index in [4.69, 9.17) is 0 Å². The lowest BCUT2D eigenvalue weighted by atomic mass is 10.2. The molecular formula is C15H17N5. The van der Waals surface area contributed by atoms with Gasteiger partial charge in [0.2, 0.25) is 0 Å². The normalized spacial score (nSPS) is 11.2. The highest BCUT2D eigenvalue weighted by molar-refractivity contribution is 5.87. The van der Waals surface area contributed by atoms with Gasteiger partial charge in [0.05, 0.1) is 5.39 Å². The quantitative estimate of drug-likeness (QED) is 0.762. The fourth-order valence-corrected chi connectivity index (χ4v) is 2.04. The van der Waals surface area contributed by atoms with Crippen LogP contribution in [-0.2, 0) is 6.54 Å². The molecule has 20 heavy (non-hydrogen) atoms. The van der Waals surface area contributed by atoms with Crippen molar-refractivity contribution in [2.24, 2.45) is 0 Å². The summed E-state index contributed by atoms with van der Waals surface area (Å²) in [7, 11) is 0. The summed E-state index contributed by atoms with van der Waals surface area (Å²) in [5.41, 5.74) is 2.05. The van der Waals surface area contributed by atoms with E-state index in [-0.39, 0.29) is 0 Å². The number of H-pyrrole nitrogens is 1. The molecule has 0 saturated heterocycles. The number of hydrogen-bond acceptors (Lipinski definition) is 4. The van der Waals surface area contributed by atoms with Crippen LogP contribution >= 0.6 is 0 Å². The molecule has 5 nitrogen and oxygen atoms in total. The Hall–Kier alpha value is -2.43. The molecule has 3 heterocycles. The Labute approximate surface area is 117 Å². The number of rotatable bonds is 4. The monoisotopic (exact) mass is 267 g/mol. The molecule has 0 aromatic carbocycles. The zero-order valence-electron chi connectivity index (χ0n) is 11.6. The average Bonchev–Trinajstić information content (AvgIpc) is 2.94. The third-order valence-electron chi connectivity index (χ3n) is 3.16. The molecule has 0 aliphatic rings. The standard InChI is InChI=1S/C15H17N5/c1-10(2)13-19-14-12(5-8-17-14)15(20-13)18-9-11-3-6-16-7-4-11/h3-8,10H,9H2,1-2H3,(H2,17,18,19,20). The van der Waals surface area contributed by atoms with E-state index in [0.717, 1.165) is 29.2 Å². The van der Waals surface area contributed by atoms with E-state index in [9.17, 15) is 0 Å². The lowest BCUT2D eigenvalue weighted by Crippen LogP contribution is -2.06. The molecule has 0 bridgehead atoms. The Bertz CT molecular complexity index is 703. The summed E-state index contributed by atoms with van der Waals surface area (Å²) >= 11 is 0. The molecule has 3 aromatic heterocycles. The van der Waals surface area contributed by atoms with Crippen molar-refractivity contribution in [1.29, 1.82) is 0 Å². The van der Waals surface area contributed by atoms with Crippen molar-refractivity contribution >= 4 is 16.9 Å². The molecule has 0 radical (unpaired) electrons. The summed E-state index contributed by atoms with van der Waals surface area (Å²) in [6.45, 7) is 4.91. The van der Waals surface area contributed by atoms with Crippen molar-refractivity contribution in [1.82, 2.24) is 19.9 Å². The number of anilines is 1. The minimum Gasteiger partial charge on any atom is -0.365 e. The summed E-state index contributed by atoms with van der Waals surface area (Å²) in [5, 5.41) is 4.40. The summed E-state index contributed by atoms with van der Waals surface area (Å²) in [4.78, 5) is 16.3. The molecule has 0 aliphatic heterocycles. The second-order valence-electron chi connectivity index (χ2n) is 5.03. The second kappa shape index (κ2) is 5.28. The zero-order chi connectivity index (χ0) is 13.9. The van der Waals surface area contributed by atoms with Crippen LogP contribution in [0.15, 0.2) is 36.8 Å². The highest BCUT2D eigenvalue weighted by Crippen LogP contribution is 2.22. The van der Waals surface area contributed by atoms with Crippen molar-refractivity contribution < 1.29 is 0 Å². The van der Waals surface area contributed by atoms with E-state index in [1.165, 1.54) is 5.56 Å². The third-order valence-corrected chi connectivity index (χ3v) is 3.16. The lowest BCUT2D eigenvalue weighted by molar-refractivity contribution is 0.781. The number of fused-ring (bicyclic) bond motifs is 1. The Kier molecular flexibility index (Phi) is 3.33. The number of pyridine rings is 1. The van der Waals surface area contributed by atoms with Crippen molar-refractivity contribution in [2.75, 3.05) is 5.32 Å². The first-order valence-electron chi connectivity index (χ1n) is 6.72. The molecular weight excluding hydrogens is 250 g/mol. The van der Waals surface area contributed by atoms with E-state index in [1.54, 1.807) is 12.4 Å². The highest BCUT2D eigenvalue weighted by Gasteiger charge is 2.10. The number of aromatic amines is 1. The van der Waals surface area contributed by atoms with E-state index in [0.29, 0.717) is 5.92 Å². The maximum atomic E-state index is 4.63. The first-order valence-corrected chi connectivity index (χ1v) is 6.72. The number of hydrogen-bond donors (Lipinski definition) is 2. The summed E-state index contributed by atoms with van der Waals surface area (Å²) < 4.78 is 0. The average molecular weight is 267 g/mol. The van der Waals surface area contributed by atoms with Gasteiger partial charge < -0.3 is 10.3 Å². The summed E-state index contributed by atoms with van der Waals surface area (Å²) in [5.74, 6) is 2.01. The van der Waals surface area contributed by atoms with E-state index < -0.39 is 0 Å². The molecule has 0 unspecified atom stereocenters. The predicted octanol–water partition coefficient (Wildman–Crippen LogP) is 3.09. The molecule has 0 fully saturated rings. The molecule has 0 aliphatic carbocycles. The van der Waals surface area contributed by atoms with Crippen molar-refractivity contribution in [3.8, 4) is 0 Å². The summed E-state index contributed by atoms with van der Waals surface area (Å²) in [6.07, 6.45) is 5.48. The van der Waals surface area contributed by atoms with Crippen LogP contribution < -0.4 is 5.32 Å². The largest absolute Gasteiger partial charge is 0.365 e. The Morgan fingerprint density at radius 1 is 1.15 bits per heavy atom. The Morgan fingerprint density at radius 3 is 2.70 bits per heavy atom. The maximum absolute atomic E-state index is 4.63. The summed E-state index contributed by atoms with van der Waals surface area (Å²) in [6, 6.07) is 5.98. The van der Waals surface area contributed by atoms with E-state index >= 15 is 0 Å². The molecule has 0 spiro atoms. The maximum Gasteiger partial charge on any atom is 0.143 e. The number of nitrogens with one attached hydrogen (secondary N) is 2. The number of aromatic nitrogens is 4. The molecule has 0 saturated carbocycles. The van der Waals surface area contributed by atoms with Gasteiger partial charge in [0, 0.05) is 31.1 Å². The molecule has 102 valence electrons. The van der Waals surface area contributed by atoms with Crippen LogP contribution in [0.3, 0.4) is 0 Å². The smallest absolute Gasteiger partial charge is 0.143 e. The molecule has 3 aromatic rings. The van der Waals surface area contributed by atoms with Crippen LogP contribution in [0.1, 0.15) is 31.2 Å². The Balaban J connectivity index is 1.91. The van der Waals surface area contributed by atoms with Gasteiger partial charge >= 0.3 is 0 Å². The molecule has 5 heteroatoms. The van der Waals surface area contributed by atoms with Crippen LogP contribution in [0.25, 0.3) is 11.0 Å². The minimum absolute atomic E-state index is 0.296. The molecule has 0 amide bonds. The van der Waals surface area contributed by atoms with E-state index in [2.05, 4.69) is 39.1 Å². The van der Waals surface area contributed by atoms with Gasteiger partial charge in [-0.2, -0.15) is 0 Å². The van der Waals surface area contributed by atoms with Gasteiger partial charge in [-0.15, -0.1) is 0 Å². The van der Waals surface area contributed by atoms with Crippen LogP contribution in [-0.4, -0.2) is 19.9 Å². The van der Waals surface area contributed by atoms with Gasteiger partial charge in [-0.05, 0) is 23.8 Å². The van der Waals surface area contributed by atoms with Gasteiger partial charge in [-0.3, -0.25) is 4.98 Å². The topological polar surface area (TPSA) is 66.5 Å². The van der Waals surface area contributed by atoms with Crippen molar-refractivity contribution in [3.05, 3.63) is 48.2 Å². The van der Waals surface area contributed by atoms with Crippen LogP contribution in [0, 0.1) is 0 Å².